The normalized spacial score (nSPS) is 24.7. The van der Waals surface area contributed by atoms with Crippen LogP contribution in [0.5, 0.6) is 11.5 Å². The number of carbonyl (C=O) groups excluding carboxylic acids is 1. The Bertz CT molecular complexity index is 700. The van der Waals surface area contributed by atoms with Crippen LogP contribution in [0.2, 0.25) is 0 Å². The molecule has 1 aromatic rings. The van der Waals surface area contributed by atoms with Crippen LogP contribution >= 0.6 is 0 Å². The third-order valence-corrected chi connectivity index (χ3v) is 5.17. The lowest BCUT2D eigenvalue weighted by atomic mass is 9.93. The summed E-state index contributed by atoms with van der Waals surface area (Å²) in [5.74, 6) is 1.58. The standard InChI is InChI=1S/C19H20N2O3/c1-23-16-5-4-13(12(6-8-20)7-9-21)11-17(16)24-19-15-3-2-14(10-15)18(19)22/h4-5,11-12,14-15,19H,2-3,6-7,10H2,1H3/t14?,15?,19-/m1/s1. The number of Topliss-reactive ketones (excluding diaryl/α,β-unsaturated/α-hetero) is 1. The fourth-order valence-electron chi connectivity index (χ4n) is 3.87. The summed E-state index contributed by atoms with van der Waals surface area (Å²) in [5.41, 5.74) is 0.865. The van der Waals surface area contributed by atoms with Crippen LogP contribution in [0.1, 0.15) is 43.6 Å². The molecule has 0 aliphatic heterocycles. The SMILES string of the molecule is COc1ccc(C(CC#N)CC#N)cc1O[C@H]1C(=O)C2CCC1C2. The molecule has 5 nitrogen and oxygen atoms in total. The van der Waals surface area contributed by atoms with E-state index in [1.165, 1.54) is 0 Å². The van der Waals surface area contributed by atoms with Gasteiger partial charge >= 0.3 is 0 Å². The van der Waals surface area contributed by atoms with Gasteiger partial charge in [0.15, 0.2) is 23.4 Å². The summed E-state index contributed by atoms with van der Waals surface area (Å²) >= 11 is 0. The molecule has 0 aromatic heterocycles. The Balaban J connectivity index is 1.86. The van der Waals surface area contributed by atoms with Crippen LogP contribution in [-0.4, -0.2) is 19.0 Å². The maximum Gasteiger partial charge on any atom is 0.176 e. The number of nitriles is 2. The second kappa shape index (κ2) is 6.93. The number of nitrogens with zero attached hydrogens (tertiary/aromatic N) is 2. The molecular weight excluding hydrogens is 304 g/mol. The first-order valence-electron chi connectivity index (χ1n) is 8.30. The maximum atomic E-state index is 12.3. The van der Waals surface area contributed by atoms with Gasteiger partial charge in [0.1, 0.15) is 0 Å². The Labute approximate surface area is 141 Å². The molecule has 0 N–H and O–H groups in total. The highest BCUT2D eigenvalue weighted by Crippen LogP contribution is 2.45. The second-order valence-electron chi connectivity index (χ2n) is 6.54. The van der Waals surface area contributed by atoms with E-state index in [2.05, 4.69) is 12.1 Å². The number of hydrogen-bond donors (Lipinski definition) is 0. The van der Waals surface area contributed by atoms with E-state index >= 15 is 0 Å². The van der Waals surface area contributed by atoms with Crippen molar-refractivity contribution in [2.24, 2.45) is 11.8 Å². The first-order valence-corrected chi connectivity index (χ1v) is 8.30. The Morgan fingerprint density at radius 2 is 1.96 bits per heavy atom. The van der Waals surface area contributed by atoms with Crippen LogP contribution in [0.15, 0.2) is 18.2 Å². The van der Waals surface area contributed by atoms with Gasteiger partial charge in [0.05, 0.1) is 19.2 Å². The Kier molecular flexibility index (Phi) is 4.71. The minimum absolute atomic E-state index is 0.152. The van der Waals surface area contributed by atoms with Gasteiger partial charge in [-0.05, 0) is 37.0 Å². The molecule has 0 heterocycles. The van der Waals surface area contributed by atoms with Crippen molar-refractivity contribution in [3.63, 3.8) is 0 Å². The molecule has 0 saturated heterocycles. The lowest BCUT2D eigenvalue weighted by Crippen LogP contribution is -2.33. The highest BCUT2D eigenvalue weighted by molar-refractivity contribution is 5.89. The fraction of sp³-hybridized carbons (Fsp3) is 0.526. The molecule has 24 heavy (non-hydrogen) atoms. The molecular formula is C19H20N2O3. The number of benzene rings is 1. The first kappa shape index (κ1) is 16.3. The monoisotopic (exact) mass is 324 g/mol. The molecule has 2 unspecified atom stereocenters. The molecule has 2 fully saturated rings. The molecule has 3 atom stereocenters. The molecule has 2 bridgehead atoms. The van der Waals surface area contributed by atoms with Gasteiger partial charge in [-0.2, -0.15) is 10.5 Å². The van der Waals surface area contributed by atoms with E-state index in [1.807, 2.05) is 12.1 Å². The third kappa shape index (κ3) is 2.95. The number of methoxy groups -OCH3 is 1. The van der Waals surface area contributed by atoms with Gasteiger partial charge < -0.3 is 9.47 Å². The van der Waals surface area contributed by atoms with Crippen LogP contribution in [0, 0.1) is 34.5 Å². The van der Waals surface area contributed by atoms with Crippen molar-refractivity contribution in [2.75, 3.05) is 7.11 Å². The van der Waals surface area contributed by atoms with Gasteiger partial charge in [-0.3, -0.25) is 4.79 Å². The predicted molar refractivity (Wildman–Crippen MR) is 86.4 cm³/mol. The van der Waals surface area contributed by atoms with Gasteiger partial charge in [-0.1, -0.05) is 6.07 Å². The van der Waals surface area contributed by atoms with Gasteiger partial charge in [-0.15, -0.1) is 0 Å². The van der Waals surface area contributed by atoms with Crippen molar-refractivity contribution < 1.29 is 14.3 Å². The minimum Gasteiger partial charge on any atom is -0.493 e. The topological polar surface area (TPSA) is 83.1 Å². The summed E-state index contributed by atoms with van der Waals surface area (Å²) in [6.07, 6.45) is 3.09. The third-order valence-electron chi connectivity index (χ3n) is 5.17. The molecule has 2 aliphatic carbocycles. The predicted octanol–water partition coefficient (Wildman–Crippen LogP) is 3.35. The minimum atomic E-state index is -0.390. The van der Waals surface area contributed by atoms with Gasteiger partial charge in [0.2, 0.25) is 0 Å². The number of ether oxygens (including phenoxy) is 2. The van der Waals surface area contributed by atoms with Crippen LogP contribution in [0.4, 0.5) is 0 Å². The summed E-state index contributed by atoms with van der Waals surface area (Å²) in [4.78, 5) is 12.3. The van der Waals surface area contributed by atoms with Gasteiger partial charge in [0, 0.05) is 30.6 Å². The zero-order valence-corrected chi connectivity index (χ0v) is 13.7. The number of hydrogen-bond acceptors (Lipinski definition) is 5. The van der Waals surface area contributed by atoms with Crippen molar-refractivity contribution in [1.29, 1.82) is 10.5 Å². The number of fused-ring (bicyclic) bond motifs is 2. The van der Waals surface area contributed by atoms with Crippen molar-refractivity contribution >= 4 is 5.78 Å². The Morgan fingerprint density at radius 3 is 2.54 bits per heavy atom. The molecule has 124 valence electrons. The average molecular weight is 324 g/mol. The Morgan fingerprint density at radius 1 is 1.21 bits per heavy atom. The molecule has 2 saturated carbocycles. The number of carbonyl (C=O) groups is 1. The van der Waals surface area contributed by atoms with Crippen molar-refractivity contribution in [3.8, 4) is 23.6 Å². The zero-order valence-electron chi connectivity index (χ0n) is 13.7. The lowest BCUT2D eigenvalue weighted by molar-refractivity contribution is -0.128. The molecule has 1 aromatic carbocycles. The molecule has 5 heteroatoms. The molecule has 0 spiro atoms. The maximum absolute atomic E-state index is 12.3. The summed E-state index contributed by atoms with van der Waals surface area (Å²) in [6.45, 7) is 0. The smallest absolute Gasteiger partial charge is 0.176 e. The summed E-state index contributed by atoms with van der Waals surface area (Å²) in [5, 5.41) is 17.9. The quantitative estimate of drug-likeness (QED) is 0.801. The zero-order chi connectivity index (χ0) is 17.1. The van der Waals surface area contributed by atoms with Crippen molar-refractivity contribution in [1.82, 2.24) is 0 Å². The van der Waals surface area contributed by atoms with E-state index < -0.39 is 6.10 Å². The Hall–Kier alpha value is -2.53. The van der Waals surface area contributed by atoms with Crippen molar-refractivity contribution in [3.05, 3.63) is 23.8 Å². The summed E-state index contributed by atoms with van der Waals surface area (Å²) in [7, 11) is 1.56. The molecule has 2 aliphatic rings. The second-order valence-corrected chi connectivity index (χ2v) is 6.54. The van der Waals surface area contributed by atoms with Crippen LogP contribution in [-0.2, 0) is 4.79 Å². The largest absolute Gasteiger partial charge is 0.493 e. The molecule has 0 amide bonds. The summed E-state index contributed by atoms with van der Waals surface area (Å²) in [6, 6.07) is 9.70. The first-order chi connectivity index (χ1) is 11.7. The number of rotatable bonds is 6. The van der Waals surface area contributed by atoms with E-state index in [0.29, 0.717) is 17.4 Å². The highest BCUT2D eigenvalue weighted by Gasteiger charge is 2.48. The van der Waals surface area contributed by atoms with E-state index in [9.17, 15) is 4.79 Å². The van der Waals surface area contributed by atoms with Crippen LogP contribution < -0.4 is 9.47 Å². The van der Waals surface area contributed by atoms with Crippen molar-refractivity contribution in [2.45, 2.75) is 44.1 Å². The van der Waals surface area contributed by atoms with E-state index in [0.717, 1.165) is 24.8 Å². The lowest BCUT2D eigenvalue weighted by Gasteiger charge is -2.24. The summed E-state index contributed by atoms with van der Waals surface area (Å²) < 4.78 is 11.4. The molecule has 0 radical (unpaired) electrons. The van der Waals surface area contributed by atoms with Crippen LogP contribution in [0.25, 0.3) is 0 Å². The number of ketones is 1. The highest BCUT2D eigenvalue weighted by atomic mass is 16.5. The average Bonchev–Trinajstić information content (AvgIpc) is 3.18. The van der Waals surface area contributed by atoms with E-state index in [4.69, 9.17) is 20.0 Å². The van der Waals surface area contributed by atoms with Crippen LogP contribution in [0.3, 0.4) is 0 Å². The fourth-order valence-corrected chi connectivity index (χ4v) is 3.87. The van der Waals surface area contributed by atoms with Gasteiger partial charge in [-0.25, -0.2) is 0 Å². The van der Waals surface area contributed by atoms with E-state index in [-0.39, 0.29) is 30.5 Å². The molecule has 3 rings (SSSR count). The van der Waals surface area contributed by atoms with Gasteiger partial charge in [0.25, 0.3) is 0 Å². The van der Waals surface area contributed by atoms with E-state index in [1.54, 1.807) is 13.2 Å².